The van der Waals surface area contributed by atoms with Gasteiger partial charge in [-0.3, -0.25) is 4.57 Å². The van der Waals surface area contributed by atoms with Crippen LogP contribution in [0.5, 0.6) is 0 Å². The lowest BCUT2D eigenvalue weighted by Gasteiger charge is -2.21. The van der Waals surface area contributed by atoms with E-state index in [1.807, 2.05) is 0 Å². The summed E-state index contributed by atoms with van der Waals surface area (Å²) in [7, 11) is 0. The largest absolute Gasteiger partial charge is 0.386 e. The average Bonchev–Trinajstić information content (AvgIpc) is 3.02. The smallest absolute Gasteiger partial charge is 0.165 e. The number of amidine groups is 1. The van der Waals surface area contributed by atoms with Crippen molar-refractivity contribution in [2.45, 2.75) is 24.5 Å². The van der Waals surface area contributed by atoms with Crippen molar-refractivity contribution in [1.82, 2.24) is 9.55 Å². The van der Waals surface area contributed by atoms with Gasteiger partial charge in [-0.2, -0.15) is 9.81 Å². The highest BCUT2D eigenvalue weighted by Crippen LogP contribution is 2.34. The van der Waals surface area contributed by atoms with E-state index in [9.17, 15) is 14.9 Å². The summed E-state index contributed by atoms with van der Waals surface area (Å²) in [6, 6.07) is -1.07. The molecule has 3 heterocycles. The zero-order valence-electron chi connectivity index (χ0n) is 10.8. The normalized spacial score (nSPS) is 31.2. The minimum absolute atomic E-state index is 0.266. The first kappa shape index (κ1) is 13.6. The van der Waals surface area contributed by atoms with Crippen LogP contribution in [-0.4, -0.2) is 52.0 Å². The summed E-state index contributed by atoms with van der Waals surface area (Å²) >= 11 is 0. The molecule has 112 valence electrons. The maximum Gasteiger partial charge on any atom is 0.165 e. The van der Waals surface area contributed by atoms with E-state index < -0.39 is 24.5 Å². The maximum absolute atomic E-state index is 10.8. The molecule has 1 aromatic heterocycles. The molecule has 21 heavy (non-hydrogen) atoms. The first-order chi connectivity index (χ1) is 10.2. The number of ether oxygens (including phenoxy) is 1. The molecule has 3 rings (SSSR count). The molecule has 11 heteroatoms. The third kappa shape index (κ3) is 2.06. The summed E-state index contributed by atoms with van der Waals surface area (Å²) in [4.78, 5) is 29.3. The van der Waals surface area contributed by atoms with E-state index in [-0.39, 0.29) is 19.0 Å². The number of nitrogens with one attached hydrogen (secondary N) is 1. The van der Waals surface area contributed by atoms with Crippen LogP contribution in [0.25, 0.3) is 0 Å². The van der Waals surface area contributed by atoms with Crippen LogP contribution in [0.3, 0.4) is 0 Å². The van der Waals surface area contributed by atoms with Gasteiger partial charge in [0.1, 0.15) is 42.8 Å². The van der Waals surface area contributed by atoms with Crippen molar-refractivity contribution in [3.8, 4) is 0 Å². The van der Waals surface area contributed by atoms with Crippen LogP contribution in [0.2, 0.25) is 0 Å². The first-order valence-corrected chi connectivity index (χ1v) is 6.23. The number of anilines is 1. The van der Waals surface area contributed by atoms with Gasteiger partial charge in [0.25, 0.3) is 0 Å². The molecule has 0 spiro atoms. The number of rotatable bonds is 4. The molecule has 2 aliphatic rings. The number of imidazole rings is 1. The molecule has 1 aromatic rings. The monoisotopic (exact) mass is 295 g/mol. The molecule has 2 aliphatic heterocycles. The Morgan fingerprint density at radius 2 is 2.38 bits per heavy atom. The second-order valence-electron chi connectivity index (χ2n) is 4.69. The second-order valence-corrected chi connectivity index (χ2v) is 4.69. The number of aliphatic hydroxyl groups is 1. The van der Waals surface area contributed by atoms with Gasteiger partial charge >= 0.3 is 0 Å². The molecular formula is C10H13N7O4. The molecular weight excluding hydrogens is 282 g/mol. The van der Waals surface area contributed by atoms with Crippen LogP contribution in [0, 0.1) is 9.81 Å². The molecule has 0 saturated carbocycles. The zero-order chi connectivity index (χ0) is 15.0. The number of hydrogen-bond donors (Lipinski definition) is 3. The zero-order valence-corrected chi connectivity index (χ0v) is 10.8. The summed E-state index contributed by atoms with van der Waals surface area (Å²) in [5.41, 5.74) is 6.16. The van der Waals surface area contributed by atoms with E-state index in [0.717, 1.165) is 0 Å². The molecule has 0 amide bonds. The summed E-state index contributed by atoms with van der Waals surface area (Å²) < 4.78 is 7.03. The number of nitrogens with zero attached hydrogens (tertiary/aromatic N) is 5. The molecule has 0 radical (unpaired) electrons. The number of hydrogen-bond acceptors (Lipinski definition) is 10. The maximum atomic E-state index is 10.8. The fourth-order valence-corrected chi connectivity index (χ4v) is 2.50. The second kappa shape index (κ2) is 5.18. The molecule has 0 aromatic carbocycles. The van der Waals surface area contributed by atoms with E-state index >= 15 is 0 Å². The summed E-state index contributed by atoms with van der Waals surface area (Å²) in [5, 5.41) is 18.7. The quantitative estimate of drug-likeness (QED) is 0.609. The Labute approximate surface area is 118 Å². The van der Waals surface area contributed by atoms with Crippen LogP contribution in [0.1, 0.15) is 11.9 Å². The van der Waals surface area contributed by atoms with E-state index in [1.165, 1.54) is 10.9 Å². The van der Waals surface area contributed by atoms with E-state index in [0.29, 0.717) is 11.5 Å². The van der Waals surface area contributed by atoms with Gasteiger partial charge in [-0.15, -0.1) is 0 Å². The Hall–Kier alpha value is -2.40. The topological polar surface area (TPSA) is 157 Å². The highest BCUT2D eigenvalue weighted by atomic mass is 16.5. The van der Waals surface area contributed by atoms with Crippen molar-refractivity contribution in [2.75, 3.05) is 18.5 Å². The van der Waals surface area contributed by atoms with Gasteiger partial charge in [-0.25, -0.2) is 9.98 Å². The van der Waals surface area contributed by atoms with Gasteiger partial charge in [0.2, 0.25) is 0 Å². The number of nitroso groups, excluding NO2 is 2. The van der Waals surface area contributed by atoms with Gasteiger partial charge in [0.15, 0.2) is 12.3 Å². The van der Waals surface area contributed by atoms with Crippen LogP contribution in [-0.2, 0) is 4.74 Å². The fraction of sp³-hybridized carbons (Fsp3) is 0.600. The number of nitrogens with two attached hydrogens (primary N) is 1. The lowest BCUT2D eigenvalue weighted by Crippen LogP contribution is -2.31. The molecule has 4 unspecified atom stereocenters. The first-order valence-electron chi connectivity index (χ1n) is 6.23. The van der Waals surface area contributed by atoms with Gasteiger partial charge in [-0.05, 0) is 0 Å². The van der Waals surface area contributed by atoms with Crippen molar-refractivity contribution in [3.63, 3.8) is 0 Å². The number of fused-ring (bicyclic) bond motifs is 1. The number of aromatic nitrogens is 2. The molecule has 1 fully saturated rings. The van der Waals surface area contributed by atoms with Gasteiger partial charge < -0.3 is 20.9 Å². The predicted octanol–water partition coefficient (Wildman–Crippen LogP) is -0.869. The van der Waals surface area contributed by atoms with E-state index in [2.05, 4.69) is 25.6 Å². The predicted molar refractivity (Wildman–Crippen MR) is 71.6 cm³/mol. The summed E-state index contributed by atoms with van der Waals surface area (Å²) in [5.74, 6) is 0.794. The van der Waals surface area contributed by atoms with Crippen LogP contribution < -0.4 is 11.1 Å². The van der Waals surface area contributed by atoms with E-state index in [1.54, 1.807) is 0 Å². The molecule has 0 bridgehead atoms. The van der Waals surface area contributed by atoms with Gasteiger partial charge in [-0.1, -0.05) is 10.4 Å². The Morgan fingerprint density at radius 3 is 3.10 bits per heavy atom. The van der Waals surface area contributed by atoms with Crippen LogP contribution in [0.15, 0.2) is 21.7 Å². The molecule has 4 N–H and O–H groups in total. The average molecular weight is 295 g/mol. The Balaban J connectivity index is 1.93. The Bertz CT molecular complexity index is 600. The highest BCUT2D eigenvalue weighted by molar-refractivity contribution is 6.01. The van der Waals surface area contributed by atoms with Gasteiger partial charge in [0.05, 0.1) is 6.33 Å². The van der Waals surface area contributed by atoms with Crippen LogP contribution in [0.4, 0.5) is 5.82 Å². The molecule has 1 saturated heterocycles. The highest BCUT2D eigenvalue weighted by Gasteiger charge is 2.47. The Kier molecular flexibility index (Phi) is 3.35. The minimum Gasteiger partial charge on any atom is -0.386 e. The fourth-order valence-electron chi connectivity index (χ4n) is 2.50. The standard InChI is InChI=1S/C10H13N7O4/c11-8-6-9(13-2-12-8)17(3-14-6)10-7(18)5(16-20)4(21-10)1-15-19/h3-5,7,10,13,18H,1-2H2,(H2,11,12). The Morgan fingerprint density at radius 1 is 1.57 bits per heavy atom. The summed E-state index contributed by atoms with van der Waals surface area (Å²) in [6.45, 7) is -0.0000962. The number of aliphatic hydroxyl groups excluding tert-OH is 1. The van der Waals surface area contributed by atoms with Crippen molar-refractivity contribution in [1.29, 1.82) is 0 Å². The lowest BCUT2D eigenvalue weighted by atomic mass is 10.1. The van der Waals surface area contributed by atoms with E-state index in [4.69, 9.17) is 10.5 Å². The minimum atomic E-state index is -1.21. The van der Waals surface area contributed by atoms with Crippen molar-refractivity contribution in [3.05, 3.63) is 21.8 Å². The summed E-state index contributed by atoms with van der Waals surface area (Å²) in [6.07, 6.45) is -1.58. The number of aliphatic imine (C=N–C) groups is 1. The third-order valence-corrected chi connectivity index (χ3v) is 3.52. The molecule has 4 atom stereocenters. The molecule has 11 nitrogen and oxygen atoms in total. The molecule has 0 aliphatic carbocycles. The van der Waals surface area contributed by atoms with Crippen molar-refractivity contribution < 1.29 is 9.84 Å². The van der Waals surface area contributed by atoms with Crippen molar-refractivity contribution >= 4 is 11.7 Å². The van der Waals surface area contributed by atoms with Gasteiger partial charge in [0, 0.05) is 0 Å². The third-order valence-electron chi connectivity index (χ3n) is 3.52. The van der Waals surface area contributed by atoms with Crippen LogP contribution >= 0.6 is 0 Å². The SMILES string of the molecule is NC1=NCNc2c1ncn2C1OC(CN=O)C(N=O)C1O. The van der Waals surface area contributed by atoms with Crippen molar-refractivity contribution in [2.24, 2.45) is 21.1 Å². The lowest BCUT2D eigenvalue weighted by molar-refractivity contribution is -0.0331.